The van der Waals surface area contributed by atoms with E-state index in [-0.39, 0.29) is 5.41 Å². The second-order valence-electron chi connectivity index (χ2n) is 6.31. The van der Waals surface area contributed by atoms with Crippen LogP contribution in [0.5, 0.6) is 5.75 Å². The predicted molar refractivity (Wildman–Crippen MR) is 73.3 cm³/mol. The molecule has 2 heteroatoms. The first-order valence-electron chi connectivity index (χ1n) is 6.38. The summed E-state index contributed by atoms with van der Waals surface area (Å²) in [5.41, 5.74) is 2.81. The van der Waals surface area contributed by atoms with Gasteiger partial charge in [0.15, 0.2) is 0 Å². The summed E-state index contributed by atoms with van der Waals surface area (Å²) >= 11 is 3.59. The topological polar surface area (TPSA) is 20.2 Å². The second kappa shape index (κ2) is 3.28. The van der Waals surface area contributed by atoms with Crippen LogP contribution in [-0.2, 0) is 5.41 Å². The third kappa shape index (κ3) is 1.36. The summed E-state index contributed by atoms with van der Waals surface area (Å²) in [6, 6.07) is 4.03. The first-order chi connectivity index (χ1) is 7.88. The number of phenolic OH excluding ortho intramolecular Hbond substituents is 1. The molecule has 0 aromatic heterocycles. The molecule has 0 heterocycles. The molecule has 3 rings (SSSR count). The lowest BCUT2D eigenvalue weighted by molar-refractivity contribution is 0.299. The zero-order valence-corrected chi connectivity index (χ0v) is 12.3. The van der Waals surface area contributed by atoms with Crippen LogP contribution in [0.15, 0.2) is 16.6 Å². The quantitative estimate of drug-likeness (QED) is 0.806. The van der Waals surface area contributed by atoms with Crippen molar-refractivity contribution in [2.75, 3.05) is 0 Å². The smallest absolute Gasteiger partial charge is 0.119 e. The average Bonchev–Trinajstić information content (AvgIpc) is 2.87. The van der Waals surface area contributed by atoms with Gasteiger partial charge in [0.1, 0.15) is 5.75 Å². The van der Waals surface area contributed by atoms with Crippen LogP contribution in [0.4, 0.5) is 0 Å². The molecule has 1 aromatic carbocycles. The molecule has 0 amide bonds. The Kier molecular flexibility index (Phi) is 2.24. The molecule has 0 saturated heterocycles. The number of benzene rings is 1. The van der Waals surface area contributed by atoms with Crippen LogP contribution in [0.2, 0.25) is 0 Å². The standard InChI is InChI=1S/C15H19BrO/c1-9-6-13(17)11(7-12(9)16)14(2)5-4-10-8-15(10,14)3/h6-7,10,17H,4-5,8H2,1-3H3. The van der Waals surface area contributed by atoms with E-state index in [0.717, 1.165) is 21.5 Å². The number of rotatable bonds is 1. The summed E-state index contributed by atoms with van der Waals surface area (Å²) in [6.07, 6.45) is 3.85. The molecule has 1 nitrogen and oxygen atoms in total. The predicted octanol–water partition coefficient (Wildman–Crippen LogP) is 4.54. The van der Waals surface area contributed by atoms with Gasteiger partial charge in [-0.15, -0.1) is 0 Å². The van der Waals surface area contributed by atoms with E-state index in [0.29, 0.717) is 11.2 Å². The van der Waals surface area contributed by atoms with Gasteiger partial charge in [-0.1, -0.05) is 29.8 Å². The highest BCUT2D eigenvalue weighted by atomic mass is 79.9. The van der Waals surface area contributed by atoms with Crippen molar-refractivity contribution in [1.82, 2.24) is 0 Å². The first-order valence-corrected chi connectivity index (χ1v) is 7.17. The number of fused-ring (bicyclic) bond motifs is 1. The number of hydrogen-bond acceptors (Lipinski definition) is 1. The minimum atomic E-state index is 0.151. The van der Waals surface area contributed by atoms with Crippen molar-refractivity contribution in [3.63, 3.8) is 0 Å². The molecule has 2 saturated carbocycles. The van der Waals surface area contributed by atoms with Crippen molar-refractivity contribution in [3.05, 3.63) is 27.7 Å². The van der Waals surface area contributed by atoms with Gasteiger partial charge in [-0.3, -0.25) is 0 Å². The maximum absolute atomic E-state index is 10.3. The van der Waals surface area contributed by atoms with Gasteiger partial charge in [0.25, 0.3) is 0 Å². The molecule has 1 aromatic rings. The highest BCUT2D eigenvalue weighted by molar-refractivity contribution is 9.10. The maximum Gasteiger partial charge on any atom is 0.119 e. The van der Waals surface area contributed by atoms with Gasteiger partial charge < -0.3 is 5.11 Å². The average molecular weight is 295 g/mol. The normalized spacial score (nSPS) is 39.2. The van der Waals surface area contributed by atoms with E-state index in [9.17, 15) is 5.11 Å². The van der Waals surface area contributed by atoms with Gasteiger partial charge >= 0.3 is 0 Å². The summed E-state index contributed by atoms with van der Waals surface area (Å²) < 4.78 is 1.11. The van der Waals surface area contributed by atoms with Crippen LogP contribution in [-0.4, -0.2) is 5.11 Å². The van der Waals surface area contributed by atoms with Crippen LogP contribution >= 0.6 is 15.9 Å². The lowest BCUT2D eigenvalue weighted by Crippen LogP contribution is -2.29. The Balaban J connectivity index is 2.13. The summed E-state index contributed by atoms with van der Waals surface area (Å²) in [7, 11) is 0. The maximum atomic E-state index is 10.3. The first kappa shape index (κ1) is 11.6. The van der Waals surface area contributed by atoms with E-state index >= 15 is 0 Å². The summed E-state index contributed by atoms with van der Waals surface area (Å²) in [5, 5.41) is 10.3. The van der Waals surface area contributed by atoms with E-state index in [1.165, 1.54) is 19.3 Å². The van der Waals surface area contributed by atoms with Crippen molar-refractivity contribution in [1.29, 1.82) is 0 Å². The van der Waals surface area contributed by atoms with Crippen molar-refractivity contribution < 1.29 is 5.11 Å². The highest BCUT2D eigenvalue weighted by Gasteiger charge is 2.66. The molecule has 0 aliphatic heterocycles. The minimum Gasteiger partial charge on any atom is -0.508 e. The molecule has 3 atom stereocenters. The Bertz CT molecular complexity index is 494. The lowest BCUT2D eigenvalue weighted by Gasteiger charge is -2.34. The Morgan fingerprint density at radius 2 is 2.06 bits per heavy atom. The Labute approximate surface area is 111 Å². The van der Waals surface area contributed by atoms with Crippen molar-refractivity contribution in [2.24, 2.45) is 11.3 Å². The highest BCUT2D eigenvalue weighted by Crippen LogP contribution is 2.73. The lowest BCUT2D eigenvalue weighted by atomic mass is 9.70. The monoisotopic (exact) mass is 294 g/mol. The van der Waals surface area contributed by atoms with E-state index in [2.05, 4.69) is 35.8 Å². The molecule has 2 aliphatic rings. The molecule has 1 N–H and O–H groups in total. The molecular formula is C15H19BrO. The molecule has 0 bridgehead atoms. The van der Waals surface area contributed by atoms with Crippen LogP contribution < -0.4 is 0 Å². The number of phenols is 1. The zero-order valence-electron chi connectivity index (χ0n) is 10.7. The van der Waals surface area contributed by atoms with Crippen LogP contribution in [0.1, 0.15) is 44.2 Å². The van der Waals surface area contributed by atoms with Gasteiger partial charge in [0.2, 0.25) is 0 Å². The molecule has 3 unspecified atom stereocenters. The van der Waals surface area contributed by atoms with Crippen molar-refractivity contribution >= 4 is 15.9 Å². The minimum absolute atomic E-state index is 0.151. The van der Waals surface area contributed by atoms with Gasteiger partial charge in [0.05, 0.1) is 0 Å². The van der Waals surface area contributed by atoms with Crippen LogP contribution in [0, 0.1) is 18.3 Å². The zero-order chi connectivity index (χ0) is 12.4. The van der Waals surface area contributed by atoms with Gasteiger partial charge in [-0.2, -0.15) is 0 Å². The molecule has 92 valence electrons. The van der Waals surface area contributed by atoms with Crippen molar-refractivity contribution in [3.8, 4) is 5.75 Å². The Morgan fingerprint density at radius 1 is 1.35 bits per heavy atom. The molecule has 17 heavy (non-hydrogen) atoms. The molecule has 0 spiro atoms. The Morgan fingerprint density at radius 3 is 2.59 bits per heavy atom. The van der Waals surface area contributed by atoms with E-state index in [4.69, 9.17) is 0 Å². The fourth-order valence-electron chi connectivity index (χ4n) is 3.85. The molecule has 2 aliphatic carbocycles. The van der Waals surface area contributed by atoms with Gasteiger partial charge in [-0.05, 0) is 55.2 Å². The number of aromatic hydroxyl groups is 1. The Hall–Kier alpha value is -0.500. The third-order valence-electron chi connectivity index (χ3n) is 5.54. The van der Waals surface area contributed by atoms with E-state index in [1.54, 1.807) is 0 Å². The number of hydrogen-bond donors (Lipinski definition) is 1. The summed E-state index contributed by atoms with van der Waals surface area (Å²) in [4.78, 5) is 0. The fourth-order valence-corrected chi connectivity index (χ4v) is 4.19. The van der Waals surface area contributed by atoms with E-state index in [1.807, 2.05) is 13.0 Å². The third-order valence-corrected chi connectivity index (χ3v) is 6.39. The largest absolute Gasteiger partial charge is 0.508 e. The van der Waals surface area contributed by atoms with E-state index < -0.39 is 0 Å². The fraction of sp³-hybridized carbons (Fsp3) is 0.600. The van der Waals surface area contributed by atoms with Crippen LogP contribution in [0.3, 0.4) is 0 Å². The van der Waals surface area contributed by atoms with Crippen molar-refractivity contribution in [2.45, 2.75) is 45.4 Å². The number of halogens is 1. The van der Waals surface area contributed by atoms with Gasteiger partial charge in [-0.25, -0.2) is 0 Å². The molecule has 0 radical (unpaired) electrons. The van der Waals surface area contributed by atoms with Gasteiger partial charge in [0, 0.05) is 15.5 Å². The van der Waals surface area contributed by atoms with Crippen LogP contribution in [0.25, 0.3) is 0 Å². The molecular weight excluding hydrogens is 276 g/mol. The summed E-state index contributed by atoms with van der Waals surface area (Å²) in [5.74, 6) is 1.36. The summed E-state index contributed by atoms with van der Waals surface area (Å²) in [6.45, 7) is 6.74. The SMILES string of the molecule is Cc1cc(O)c(C2(C)CCC3CC32C)cc1Br. The molecule has 2 fully saturated rings. The second-order valence-corrected chi connectivity index (χ2v) is 7.16. The number of aryl methyl sites for hydroxylation is 1.